The highest BCUT2D eigenvalue weighted by Gasteiger charge is 2.40. The van der Waals surface area contributed by atoms with E-state index in [1.165, 1.54) is 11.8 Å². The Labute approximate surface area is 120 Å². The van der Waals surface area contributed by atoms with Crippen molar-refractivity contribution in [3.63, 3.8) is 0 Å². The van der Waals surface area contributed by atoms with E-state index in [1.807, 2.05) is 44.2 Å². The van der Waals surface area contributed by atoms with Crippen LogP contribution in [0, 0.1) is 0 Å². The molecule has 0 aliphatic heterocycles. The van der Waals surface area contributed by atoms with Crippen LogP contribution in [-0.4, -0.2) is 35.0 Å². The lowest BCUT2D eigenvalue weighted by molar-refractivity contribution is -0.151. The van der Waals surface area contributed by atoms with Crippen molar-refractivity contribution in [2.75, 3.05) is 7.05 Å². The van der Waals surface area contributed by atoms with Gasteiger partial charge in [0.1, 0.15) is 6.04 Å². The Bertz CT molecular complexity index is 466. The first-order valence-corrected chi connectivity index (χ1v) is 6.96. The maximum Gasteiger partial charge on any atom is 0.326 e. The molecule has 1 unspecified atom stereocenters. The van der Waals surface area contributed by atoms with E-state index in [4.69, 9.17) is 5.11 Å². The minimum Gasteiger partial charge on any atom is -0.480 e. The first-order valence-electron chi connectivity index (χ1n) is 6.96. The summed E-state index contributed by atoms with van der Waals surface area (Å²) < 4.78 is 0. The molecule has 1 N–H and O–H groups in total. The number of nitrogens with zero attached hydrogens (tertiary/aromatic N) is 1. The van der Waals surface area contributed by atoms with Gasteiger partial charge in [0, 0.05) is 7.05 Å². The van der Waals surface area contributed by atoms with Gasteiger partial charge in [0.25, 0.3) is 0 Å². The quantitative estimate of drug-likeness (QED) is 0.869. The molecule has 0 radical (unpaired) electrons. The fourth-order valence-electron chi connectivity index (χ4n) is 2.52. The number of hydrogen-bond acceptors (Lipinski definition) is 2. The Morgan fingerprint density at radius 3 is 2.10 bits per heavy atom. The molecule has 0 saturated heterocycles. The summed E-state index contributed by atoms with van der Waals surface area (Å²) in [5.41, 5.74) is 0.291. The van der Waals surface area contributed by atoms with Crippen LogP contribution < -0.4 is 0 Å². The van der Waals surface area contributed by atoms with Gasteiger partial charge in [-0.1, -0.05) is 44.2 Å². The van der Waals surface area contributed by atoms with E-state index in [-0.39, 0.29) is 5.91 Å². The molecule has 20 heavy (non-hydrogen) atoms. The predicted octanol–water partition coefficient (Wildman–Crippen LogP) is 2.68. The summed E-state index contributed by atoms with van der Waals surface area (Å²) >= 11 is 0. The average Bonchev–Trinajstić information content (AvgIpc) is 2.48. The third-order valence-corrected chi connectivity index (χ3v) is 4.20. The van der Waals surface area contributed by atoms with Gasteiger partial charge in [-0.25, -0.2) is 4.79 Å². The monoisotopic (exact) mass is 277 g/mol. The van der Waals surface area contributed by atoms with Gasteiger partial charge in [-0.3, -0.25) is 4.79 Å². The lowest BCUT2D eigenvalue weighted by atomic mass is 9.74. The van der Waals surface area contributed by atoms with E-state index in [0.717, 1.165) is 5.56 Å². The highest BCUT2D eigenvalue weighted by Crippen LogP contribution is 2.34. The van der Waals surface area contributed by atoms with E-state index in [1.54, 1.807) is 7.05 Å². The van der Waals surface area contributed by atoms with Crippen molar-refractivity contribution in [2.24, 2.45) is 0 Å². The van der Waals surface area contributed by atoms with Gasteiger partial charge in [0.15, 0.2) is 0 Å². The Hall–Kier alpha value is -1.84. The average molecular weight is 277 g/mol. The molecule has 1 amide bonds. The van der Waals surface area contributed by atoms with E-state index < -0.39 is 17.4 Å². The molecule has 0 aliphatic carbocycles. The van der Waals surface area contributed by atoms with Crippen LogP contribution in [0.3, 0.4) is 0 Å². The summed E-state index contributed by atoms with van der Waals surface area (Å²) in [6.45, 7) is 5.46. The summed E-state index contributed by atoms with van der Waals surface area (Å²) in [6.07, 6.45) is 1.28. The van der Waals surface area contributed by atoms with Crippen LogP contribution in [-0.2, 0) is 15.0 Å². The Balaban J connectivity index is 3.20. The SMILES string of the molecule is CCC(CC)(C(=O)N(C)C(C)C(=O)O)c1ccccc1. The van der Waals surface area contributed by atoms with Crippen LogP contribution in [0.1, 0.15) is 39.2 Å². The molecule has 110 valence electrons. The third kappa shape index (κ3) is 2.84. The second-order valence-electron chi connectivity index (χ2n) is 5.09. The maximum absolute atomic E-state index is 12.8. The molecule has 0 saturated carbocycles. The number of hydrogen-bond donors (Lipinski definition) is 1. The molecule has 0 fully saturated rings. The lowest BCUT2D eigenvalue weighted by Crippen LogP contribution is -2.50. The van der Waals surface area contributed by atoms with Crippen LogP contribution >= 0.6 is 0 Å². The normalized spacial score (nSPS) is 12.8. The zero-order valence-electron chi connectivity index (χ0n) is 12.6. The molecule has 0 aromatic heterocycles. The number of carbonyl (C=O) groups is 2. The molecule has 0 bridgehead atoms. The van der Waals surface area contributed by atoms with Crippen LogP contribution in [0.15, 0.2) is 30.3 Å². The number of carboxylic acid groups (broad SMARTS) is 1. The smallest absolute Gasteiger partial charge is 0.326 e. The van der Waals surface area contributed by atoms with Gasteiger partial charge >= 0.3 is 5.97 Å². The molecule has 0 spiro atoms. The number of carbonyl (C=O) groups excluding carboxylic acids is 1. The summed E-state index contributed by atoms with van der Waals surface area (Å²) in [6, 6.07) is 8.76. The fourth-order valence-corrected chi connectivity index (χ4v) is 2.52. The van der Waals surface area contributed by atoms with Crippen molar-refractivity contribution in [1.29, 1.82) is 0 Å². The summed E-state index contributed by atoms with van der Waals surface area (Å²) in [5, 5.41) is 9.09. The molecule has 1 atom stereocenters. The molecular formula is C16H23NO3. The van der Waals surface area contributed by atoms with E-state index in [9.17, 15) is 9.59 Å². The molecule has 1 aromatic carbocycles. The predicted molar refractivity (Wildman–Crippen MR) is 78.6 cm³/mol. The Kier molecular flexibility index (Phi) is 5.31. The zero-order chi connectivity index (χ0) is 15.3. The van der Waals surface area contributed by atoms with Gasteiger partial charge in [-0.05, 0) is 25.3 Å². The molecule has 0 heterocycles. The number of amides is 1. The maximum atomic E-state index is 12.8. The third-order valence-electron chi connectivity index (χ3n) is 4.20. The lowest BCUT2D eigenvalue weighted by Gasteiger charge is -2.36. The Morgan fingerprint density at radius 1 is 1.20 bits per heavy atom. The van der Waals surface area contributed by atoms with Crippen LogP contribution in [0.4, 0.5) is 0 Å². The zero-order valence-corrected chi connectivity index (χ0v) is 12.6. The van der Waals surface area contributed by atoms with Crippen molar-refractivity contribution in [3.8, 4) is 0 Å². The topological polar surface area (TPSA) is 57.6 Å². The summed E-state index contributed by atoms with van der Waals surface area (Å²) in [5.74, 6) is -1.13. The highest BCUT2D eigenvalue weighted by molar-refractivity contribution is 5.91. The van der Waals surface area contributed by atoms with Crippen LogP contribution in [0.2, 0.25) is 0 Å². The highest BCUT2D eigenvalue weighted by atomic mass is 16.4. The molecular weight excluding hydrogens is 254 g/mol. The van der Waals surface area contributed by atoms with Crippen molar-refractivity contribution < 1.29 is 14.7 Å². The number of carboxylic acids is 1. The van der Waals surface area contributed by atoms with Crippen molar-refractivity contribution in [1.82, 2.24) is 4.90 Å². The molecule has 1 rings (SSSR count). The first kappa shape index (κ1) is 16.2. The summed E-state index contributed by atoms with van der Waals surface area (Å²) in [4.78, 5) is 25.3. The minimum atomic E-state index is -0.991. The van der Waals surface area contributed by atoms with Crippen molar-refractivity contribution in [2.45, 2.75) is 45.1 Å². The van der Waals surface area contributed by atoms with E-state index in [2.05, 4.69) is 0 Å². The summed E-state index contributed by atoms with van der Waals surface area (Å²) in [7, 11) is 1.56. The number of aliphatic carboxylic acids is 1. The van der Waals surface area contributed by atoms with Gasteiger partial charge in [-0.15, -0.1) is 0 Å². The molecule has 4 nitrogen and oxygen atoms in total. The number of likely N-dealkylation sites (N-methyl/N-ethyl adjacent to an activating group) is 1. The van der Waals surface area contributed by atoms with Crippen molar-refractivity contribution >= 4 is 11.9 Å². The van der Waals surface area contributed by atoms with E-state index >= 15 is 0 Å². The first-order chi connectivity index (χ1) is 9.40. The molecule has 1 aromatic rings. The fraction of sp³-hybridized carbons (Fsp3) is 0.500. The number of rotatable bonds is 6. The largest absolute Gasteiger partial charge is 0.480 e. The van der Waals surface area contributed by atoms with Gasteiger partial charge in [0.05, 0.1) is 5.41 Å². The minimum absolute atomic E-state index is 0.136. The van der Waals surface area contributed by atoms with Crippen LogP contribution in [0.5, 0.6) is 0 Å². The second kappa shape index (κ2) is 6.55. The van der Waals surface area contributed by atoms with E-state index in [0.29, 0.717) is 12.8 Å². The van der Waals surface area contributed by atoms with Crippen molar-refractivity contribution in [3.05, 3.63) is 35.9 Å². The van der Waals surface area contributed by atoms with Gasteiger partial charge < -0.3 is 10.0 Å². The molecule has 0 aliphatic rings. The molecule has 4 heteroatoms. The number of benzene rings is 1. The van der Waals surface area contributed by atoms with Gasteiger partial charge in [-0.2, -0.15) is 0 Å². The standard InChI is InChI=1S/C16H23NO3/c1-5-16(6-2,13-10-8-7-9-11-13)15(20)17(4)12(3)14(18)19/h7-12H,5-6H2,1-4H3,(H,18,19). The van der Waals surface area contributed by atoms with Gasteiger partial charge in [0.2, 0.25) is 5.91 Å². The second-order valence-corrected chi connectivity index (χ2v) is 5.09. The Morgan fingerprint density at radius 2 is 1.70 bits per heavy atom. The van der Waals surface area contributed by atoms with Crippen LogP contribution in [0.25, 0.3) is 0 Å².